The average molecular weight is 691 g/mol. The highest BCUT2D eigenvalue weighted by molar-refractivity contribution is 6.75. The molecule has 0 spiro atoms. The molecule has 0 saturated heterocycles. The second-order valence-corrected chi connectivity index (χ2v) is 24.8. The Morgan fingerprint density at radius 2 is 1.00 bits per heavy atom. The van der Waals surface area contributed by atoms with Crippen LogP contribution in [-0.2, 0) is 0 Å². The molecule has 4 nitrogen and oxygen atoms in total. The van der Waals surface area contributed by atoms with Crippen LogP contribution in [0.4, 0.5) is 0 Å². The van der Waals surface area contributed by atoms with Gasteiger partial charge in [0.25, 0.3) is 16.6 Å². The molecule has 0 aliphatic heterocycles. The van der Waals surface area contributed by atoms with Gasteiger partial charge in [-0.2, -0.15) is 0 Å². The van der Waals surface area contributed by atoms with Crippen molar-refractivity contribution in [1.29, 1.82) is 0 Å². The first-order valence-electron chi connectivity index (χ1n) is 18.7. The summed E-state index contributed by atoms with van der Waals surface area (Å²) in [6.45, 7) is 29.8. The zero-order chi connectivity index (χ0) is 35.8. The first-order chi connectivity index (χ1) is 22.4. The summed E-state index contributed by atoms with van der Waals surface area (Å²) in [4.78, 5) is 14.4. The van der Waals surface area contributed by atoms with Gasteiger partial charge in [-0.1, -0.05) is 119 Å². The molecule has 0 bridgehead atoms. The molecule has 0 atom stereocenters. The van der Waals surface area contributed by atoms with Crippen molar-refractivity contribution in [3.63, 3.8) is 0 Å². The third-order valence-corrected chi connectivity index (χ3v) is 19.4. The number of carbonyl (C=O) groups is 1. The Morgan fingerprint density at radius 1 is 0.562 bits per heavy atom. The van der Waals surface area contributed by atoms with Crippen LogP contribution < -0.4 is 13.6 Å². The van der Waals surface area contributed by atoms with E-state index in [1.807, 2.05) is 36.4 Å². The van der Waals surface area contributed by atoms with Crippen LogP contribution >= 0.6 is 0 Å². The molecule has 3 aromatic rings. The monoisotopic (exact) mass is 690 g/mol. The summed E-state index contributed by atoms with van der Waals surface area (Å²) in [5, 5.41) is 1.99. The van der Waals surface area contributed by atoms with Crippen LogP contribution in [0.25, 0.3) is 10.8 Å². The molecule has 48 heavy (non-hydrogen) atoms. The Kier molecular flexibility index (Phi) is 14.4. The minimum Gasteiger partial charge on any atom is -0.543 e. The first-order valence-corrected chi connectivity index (χ1v) is 23.7. The summed E-state index contributed by atoms with van der Waals surface area (Å²) in [5.41, 5.74) is 1.64. The van der Waals surface area contributed by atoms with E-state index in [9.17, 15) is 4.79 Å². The molecular formula is C42H66O4Si2. The third-order valence-electron chi connectivity index (χ3n) is 8.71. The van der Waals surface area contributed by atoms with Crippen LogP contribution in [-0.4, -0.2) is 22.6 Å². The maximum atomic E-state index is 14.4. The smallest absolute Gasteiger partial charge is 0.347 e. The number of ether oxygens (including phenoxy) is 1. The van der Waals surface area contributed by atoms with Crippen LogP contribution in [0.1, 0.15) is 99.0 Å². The summed E-state index contributed by atoms with van der Waals surface area (Å²) in [6, 6.07) is 24.3. The average Bonchev–Trinajstić information content (AvgIpc) is 2.92. The van der Waals surface area contributed by atoms with E-state index in [-0.39, 0.29) is 0 Å². The van der Waals surface area contributed by atoms with Crippen LogP contribution in [0.2, 0.25) is 36.3 Å². The fourth-order valence-corrected chi connectivity index (χ4v) is 19.9. The fourth-order valence-electron chi connectivity index (χ4n) is 8.14. The van der Waals surface area contributed by atoms with Gasteiger partial charge in [0.2, 0.25) is 0 Å². The Bertz CT molecular complexity index is 1410. The highest BCUT2D eigenvalue weighted by atomic mass is 28.4. The van der Waals surface area contributed by atoms with E-state index >= 15 is 0 Å². The Hall–Kier alpha value is -2.58. The van der Waals surface area contributed by atoms with E-state index in [0.717, 1.165) is 58.3 Å². The second-order valence-electron chi connectivity index (χ2n) is 17.2. The lowest BCUT2D eigenvalue weighted by atomic mass is 10.0. The van der Waals surface area contributed by atoms with E-state index in [4.69, 9.17) is 13.6 Å². The number of fused-ring (bicyclic) bond motifs is 1. The molecular weight excluding hydrogens is 625 g/mol. The number of benzene rings is 3. The number of esters is 1. The van der Waals surface area contributed by atoms with Crippen molar-refractivity contribution in [3.05, 3.63) is 65.7 Å². The van der Waals surface area contributed by atoms with Gasteiger partial charge in [0, 0.05) is 10.8 Å². The molecule has 0 aromatic heterocycles. The number of rotatable bonds is 18. The van der Waals surface area contributed by atoms with Crippen molar-refractivity contribution in [1.82, 2.24) is 0 Å². The molecule has 0 amide bonds. The lowest BCUT2D eigenvalue weighted by molar-refractivity contribution is 0.0732. The van der Waals surface area contributed by atoms with Crippen molar-refractivity contribution in [2.45, 2.75) is 126 Å². The van der Waals surface area contributed by atoms with Gasteiger partial charge in [-0.3, -0.25) is 0 Å². The predicted molar refractivity (Wildman–Crippen MR) is 211 cm³/mol. The van der Waals surface area contributed by atoms with E-state index in [1.54, 1.807) is 0 Å². The van der Waals surface area contributed by atoms with Crippen molar-refractivity contribution in [2.75, 3.05) is 0 Å². The number of aryl methyl sites for hydroxylation is 1. The summed E-state index contributed by atoms with van der Waals surface area (Å²) in [5.74, 6) is 4.62. The van der Waals surface area contributed by atoms with Gasteiger partial charge in [-0.15, -0.1) is 0 Å². The minimum absolute atomic E-state index is 0.395. The maximum Gasteiger partial charge on any atom is 0.347 e. The molecule has 0 saturated carbocycles. The molecule has 6 heteroatoms. The summed E-state index contributed by atoms with van der Waals surface area (Å²) in [6.07, 6.45) is 0. The zero-order valence-electron chi connectivity index (χ0n) is 32.5. The van der Waals surface area contributed by atoms with Crippen molar-refractivity contribution >= 4 is 33.4 Å². The third kappa shape index (κ3) is 11.5. The lowest BCUT2D eigenvalue weighted by Gasteiger charge is -2.39. The minimum atomic E-state index is -2.40. The lowest BCUT2D eigenvalue weighted by Crippen LogP contribution is -2.46. The molecule has 0 radical (unpaired) electrons. The van der Waals surface area contributed by atoms with E-state index < -0.39 is 22.6 Å². The van der Waals surface area contributed by atoms with Gasteiger partial charge in [-0.25, -0.2) is 4.79 Å². The number of carbonyl (C=O) groups excluding carboxylic acids is 1. The summed E-state index contributed by atoms with van der Waals surface area (Å²) < 4.78 is 21.2. The van der Waals surface area contributed by atoms with Crippen molar-refractivity contribution in [3.8, 4) is 17.2 Å². The Morgan fingerprint density at radius 3 is 1.44 bits per heavy atom. The van der Waals surface area contributed by atoms with Gasteiger partial charge >= 0.3 is 5.97 Å². The molecule has 266 valence electrons. The second kappa shape index (κ2) is 17.4. The summed E-state index contributed by atoms with van der Waals surface area (Å²) >= 11 is 0. The number of hydrogen-bond acceptors (Lipinski definition) is 4. The van der Waals surface area contributed by atoms with Crippen molar-refractivity contribution < 1.29 is 18.4 Å². The first kappa shape index (κ1) is 39.9. The molecule has 0 N–H and O–H groups in total. The Balaban J connectivity index is 2.40. The van der Waals surface area contributed by atoms with Crippen LogP contribution in [0, 0.1) is 42.4 Å². The Labute approximate surface area is 295 Å². The van der Waals surface area contributed by atoms with Gasteiger partial charge in [0.05, 0.1) is 0 Å². The van der Waals surface area contributed by atoms with Gasteiger partial charge in [-0.05, 0) is 103 Å². The standard InChI is InChI=1S/C42H66O4Si2/c1-29(2)23-47(24-30(3)4,25-31(5)6)45-40-22-39(42(43)44-36-17-15-14-16-18-36)41(37-20-19-35(13)21-38(37)40)46-48(26-32(7)8,27-33(9)10)28-34(11)12/h14-22,29-34H,23-28H2,1-13H3. The molecule has 0 heterocycles. The van der Waals surface area contributed by atoms with Gasteiger partial charge in [0.15, 0.2) is 0 Å². The maximum absolute atomic E-state index is 14.4. The largest absolute Gasteiger partial charge is 0.543 e. The van der Waals surface area contributed by atoms with Gasteiger partial charge < -0.3 is 13.6 Å². The molecule has 0 aliphatic rings. The van der Waals surface area contributed by atoms with E-state index in [1.165, 1.54) is 0 Å². The number of hydrogen-bond donors (Lipinski definition) is 0. The SMILES string of the molecule is Cc1ccc2c(O[Si](CC(C)C)(CC(C)C)CC(C)C)c(C(=O)Oc3ccccc3)cc(O[Si](CC(C)C)(CC(C)C)CC(C)C)c2c1. The molecule has 3 rings (SSSR count). The highest BCUT2D eigenvalue weighted by Crippen LogP contribution is 2.45. The highest BCUT2D eigenvalue weighted by Gasteiger charge is 2.42. The van der Waals surface area contributed by atoms with Gasteiger partial charge in [0.1, 0.15) is 22.8 Å². The molecule has 0 aliphatic carbocycles. The van der Waals surface area contributed by atoms with E-state index in [0.29, 0.717) is 52.6 Å². The zero-order valence-corrected chi connectivity index (χ0v) is 34.5. The van der Waals surface area contributed by atoms with Crippen LogP contribution in [0.5, 0.6) is 17.2 Å². The quantitative estimate of drug-likeness (QED) is 0.0757. The van der Waals surface area contributed by atoms with Crippen LogP contribution in [0.3, 0.4) is 0 Å². The predicted octanol–water partition coefficient (Wildman–Crippen LogP) is 13.0. The van der Waals surface area contributed by atoms with Crippen molar-refractivity contribution in [2.24, 2.45) is 35.5 Å². The molecule has 0 unspecified atom stereocenters. The molecule has 0 fully saturated rings. The summed E-state index contributed by atoms with van der Waals surface area (Å²) in [7, 11) is -4.70. The number of para-hydroxylation sites is 1. The normalized spacial score (nSPS) is 12.7. The van der Waals surface area contributed by atoms with E-state index in [2.05, 4.69) is 108 Å². The van der Waals surface area contributed by atoms with Crippen LogP contribution in [0.15, 0.2) is 54.6 Å². The molecule has 3 aromatic carbocycles. The topological polar surface area (TPSA) is 44.8 Å². The fraction of sp³-hybridized carbons (Fsp3) is 0.595.